The Balaban J connectivity index is 1.57. The van der Waals surface area contributed by atoms with E-state index < -0.39 is 10.8 Å². The van der Waals surface area contributed by atoms with E-state index >= 15 is 0 Å². The van der Waals surface area contributed by atoms with Crippen molar-refractivity contribution in [1.82, 2.24) is 25.2 Å². The fourth-order valence-corrected chi connectivity index (χ4v) is 2.65. The number of hydrazine groups is 1. The van der Waals surface area contributed by atoms with Gasteiger partial charge in [-0.15, -0.1) is 0 Å². The van der Waals surface area contributed by atoms with Crippen LogP contribution < -0.4 is 10.9 Å². The lowest BCUT2D eigenvalue weighted by Crippen LogP contribution is -2.29. The number of rotatable bonds is 5. The Morgan fingerprint density at radius 2 is 1.89 bits per heavy atom. The third-order valence-electron chi connectivity index (χ3n) is 3.98. The average molecular weight is 375 g/mol. The zero-order valence-electron chi connectivity index (χ0n) is 14.3. The minimum absolute atomic E-state index is 0.145. The summed E-state index contributed by atoms with van der Waals surface area (Å²) >= 11 is 0. The van der Waals surface area contributed by atoms with Gasteiger partial charge in [-0.25, -0.2) is 14.6 Å². The molecule has 10 nitrogen and oxygen atoms in total. The van der Waals surface area contributed by atoms with E-state index in [1.54, 1.807) is 10.9 Å². The van der Waals surface area contributed by atoms with Gasteiger partial charge < -0.3 is 0 Å². The van der Waals surface area contributed by atoms with Crippen molar-refractivity contribution in [3.63, 3.8) is 0 Å². The highest BCUT2D eigenvalue weighted by molar-refractivity contribution is 5.96. The third kappa shape index (κ3) is 3.21. The van der Waals surface area contributed by atoms with E-state index in [9.17, 15) is 14.9 Å². The number of benzene rings is 2. The van der Waals surface area contributed by atoms with Gasteiger partial charge in [0.1, 0.15) is 6.33 Å². The number of nitrogens with one attached hydrogen (secondary N) is 2. The molecule has 0 bridgehead atoms. The maximum absolute atomic E-state index is 12.3. The number of para-hydroxylation sites is 1. The first-order chi connectivity index (χ1) is 13.6. The normalized spacial score (nSPS) is 10.6. The number of carbonyl (C=O) groups excluding carboxylic acids is 1. The number of anilines is 1. The molecule has 4 rings (SSSR count). The quantitative estimate of drug-likeness (QED) is 0.405. The molecule has 10 heteroatoms. The van der Waals surface area contributed by atoms with Crippen LogP contribution in [-0.2, 0) is 0 Å². The van der Waals surface area contributed by atoms with Crippen LogP contribution >= 0.6 is 0 Å². The van der Waals surface area contributed by atoms with Gasteiger partial charge in [-0.05, 0) is 18.2 Å². The van der Waals surface area contributed by atoms with Crippen LogP contribution in [0.5, 0.6) is 0 Å². The van der Waals surface area contributed by atoms with Crippen molar-refractivity contribution in [1.29, 1.82) is 0 Å². The Morgan fingerprint density at radius 3 is 2.68 bits per heavy atom. The van der Waals surface area contributed by atoms with E-state index in [4.69, 9.17) is 0 Å². The second-order valence-electron chi connectivity index (χ2n) is 5.74. The summed E-state index contributed by atoms with van der Waals surface area (Å²) in [6.07, 6.45) is 2.94. The largest absolute Gasteiger partial charge is 0.281 e. The number of carbonyl (C=O) groups is 1. The Hall–Kier alpha value is -4.34. The van der Waals surface area contributed by atoms with Crippen molar-refractivity contribution in [3.8, 4) is 5.69 Å². The molecule has 0 radical (unpaired) electrons. The summed E-state index contributed by atoms with van der Waals surface area (Å²) in [7, 11) is 0. The van der Waals surface area contributed by atoms with Gasteiger partial charge >= 0.3 is 0 Å². The number of aromatic nitrogens is 4. The van der Waals surface area contributed by atoms with Crippen molar-refractivity contribution in [2.24, 2.45) is 0 Å². The number of non-ortho nitro benzene ring substituents is 1. The maximum atomic E-state index is 12.3. The lowest BCUT2D eigenvalue weighted by atomic mass is 10.2. The first kappa shape index (κ1) is 17.1. The Morgan fingerprint density at radius 1 is 1.07 bits per heavy atom. The molecule has 1 amide bonds. The summed E-state index contributed by atoms with van der Waals surface area (Å²) in [4.78, 5) is 31.0. The topological polar surface area (TPSA) is 128 Å². The number of nitro groups is 1. The van der Waals surface area contributed by atoms with Crippen molar-refractivity contribution < 1.29 is 9.72 Å². The van der Waals surface area contributed by atoms with Gasteiger partial charge in [0.25, 0.3) is 11.6 Å². The fourth-order valence-electron chi connectivity index (χ4n) is 2.65. The Labute approximate surface area is 158 Å². The molecule has 0 saturated heterocycles. The fraction of sp³-hybridized carbons (Fsp3) is 0. The maximum Gasteiger partial charge on any atom is 0.270 e. The Bertz CT molecular complexity index is 1170. The first-order valence-corrected chi connectivity index (χ1v) is 8.18. The van der Waals surface area contributed by atoms with E-state index in [-0.39, 0.29) is 11.3 Å². The molecule has 4 aromatic rings. The van der Waals surface area contributed by atoms with E-state index in [2.05, 4.69) is 25.9 Å². The molecule has 2 aromatic heterocycles. The highest BCUT2D eigenvalue weighted by Gasteiger charge is 2.14. The zero-order valence-corrected chi connectivity index (χ0v) is 14.3. The number of fused-ring (bicyclic) bond motifs is 1. The number of hydrogen-bond acceptors (Lipinski definition) is 7. The second kappa shape index (κ2) is 7.11. The summed E-state index contributed by atoms with van der Waals surface area (Å²) < 4.78 is 1.66. The van der Waals surface area contributed by atoms with Crippen LogP contribution in [0.1, 0.15) is 10.4 Å². The van der Waals surface area contributed by atoms with E-state index in [1.165, 1.54) is 30.6 Å². The highest BCUT2D eigenvalue weighted by atomic mass is 16.6. The van der Waals surface area contributed by atoms with Gasteiger partial charge in [0.05, 0.1) is 22.2 Å². The summed E-state index contributed by atoms with van der Waals surface area (Å²) in [5, 5.41) is 15.8. The standard InChI is InChI=1S/C18H13N7O3/c26-18(12-5-4-8-14(9-12)25(27)28)23-22-16-15-10-21-24(17(15)20-11-19-16)13-6-2-1-3-7-13/h1-11H,(H,23,26)(H,19,20,22). The monoisotopic (exact) mass is 375 g/mol. The van der Waals surface area contributed by atoms with E-state index in [1.807, 2.05) is 30.3 Å². The minimum atomic E-state index is -0.559. The van der Waals surface area contributed by atoms with Gasteiger partial charge in [0.2, 0.25) is 0 Å². The lowest BCUT2D eigenvalue weighted by Gasteiger charge is -2.08. The molecule has 138 valence electrons. The number of nitro benzene ring substituents is 1. The summed E-state index contributed by atoms with van der Waals surface area (Å²) in [6.45, 7) is 0. The molecule has 2 aromatic carbocycles. The number of nitrogens with zero attached hydrogens (tertiary/aromatic N) is 5. The second-order valence-corrected chi connectivity index (χ2v) is 5.74. The Kier molecular flexibility index (Phi) is 4.34. The van der Waals surface area contributed by atoms with Crippen LogP contribution in [0.2, 0.25) is 0 Å². The van der Waals surface area contributed by atoms with Crippen LogP contribution in [0.4, 0.5) is 11.5 Å². The van der Waals surface area contributed by atoms with Crippen molar-refractivity contribution in [2.45, 2.75) is 0 Å². The minimum Gasteiger partial charge on any atom is -0.281 e. The van der Waals surface area contributed by atoms with Crippen molar-refractivity contribution in [3.05, 3.63) is 82.8 Å². The molecule has 0 fully saturated rings. The molecule has 28 heavy (non-hydrogen) atoms. The van der Waals surface area contributed by atoms with Gasteiger partial charge in [0, 0.05) is 17.7 Å². The molecule has 0 aliphatic carbocycles. The molecule has 2 N–H and O–H groups in total. The van der Waals surface area contributed by atoms with E-state index in [0.717, 1.165) is 5.69 Å². The summed E-state index contributed by atoms with van der Waals surface area (Å²) in [6, 6.07) is 14.9. The zero-order chi connectivity index (χ0) is 19.5. The molecule has 0 unspecified atom stereocenters. The van der Waals surface area contributed by atoms with E-state index in [0.29, 0.717) is 16.9 Å². The number of hydrogen-bond donors (Lipinski definition) is 2. The van der Waals surface area contributed by atoms with Gasteiger partial charge in [-0.3, -0.25) is 25.8 Å². The SMILES string of the molecule is O=C(NNc1ncnc2c1cnn2-c1ccccc1)c1cccc([N+](=O)[O-])c1. The molecule has 0 aliphatic rings. The summed E-state index contributed by atoms with van der Waals surface area (Å²) in [5.74, 6) is -0.183. The third-order valence-corrected chi connectivity index (χ3v) is 3.98. The molecule has 0 spiro atoms. The van der Waals surface area contributed by atoms with Gasteiger partial charge in [-0.2, -0.15) is 5.10 Å². The smallest absolute Gasteiger partial charge is 0.270 e. The molecule has 0 atom stereocenters. The molecule has 0 saturated carbocycles. The van der Waals surface area contributed by atoms with Crippen LogP contribution in [0, 0.1) is 10.1 Å². The van der Waals surface area contributed by atoms with Gasteiger partial charge in [0.15, 0.2) is 11.5 Å². The van der Waals surface area contributed by atoms with Crippen LogP contribution in [0.15, 0.2) is 67.1 Å². The predicted molar refractivity (Wildman–Crippen MR) is 101 cm³/mol. The average Bonchev–Trinajstić information content (AvgIpc) is 3.17. The van der Waals surface area contributed by atoms with Crippen molar-refractivity contribution >= 4 is 28.4 Å². The molecule has 0 aliphatic heterocycles. The molecular weight excluding hydrogens is 362 g/mol. The highest BCUT2D eigenvalue weighted by Crippen LogP contribution is 2.21. The first-order valence-electron chi connectivity index (χ1n) is 8.18. The number of amides is 1. The molecular formula is C18H13N7O3. The van der Waals surface area contributed by atoms with Gasteiger partial charge in [-0.1, -0.05) is 24.3 Å². The van der Waals surface area contributed by atoms with Crippen LogP contribution in [-0.4, -0.2) is 30.6 Å². The summed E-state index contributed by atoms with van der Waals surface area (Å²) in [5.41, 5.74) is 6.59. The van der Waals surface area contributed by atoms with Crippen molar-refractivity contribution in [2.75, 3.05) is 5.43 Å². The lowest BCUT2D eigenvalue weighted by molar-refractivity contribution is -0.384. The van der Waals surface area contributed by atoms with Crippen LogP contribution in [0.3, 0.4) is 0 Å². The predicted octanol–water partition coefficient (Wildman–Crippen LogP) is 2.48. The van der Waals surface area contributed by atoms with Crippen LogP contribution in [0.25, 0.3) is 16.7 Å². The molecule has 2 heterocycles.